The van der Waals surface area contributed by atoms with Crippen molar-refractivity contribution < 1.29 is 9.53 Å². The van der Waals surface area contributed by atoms with Crippen molar-refractivity contribution >= 4 is 28.4 Å². The average molecular weight is 413 g/mol. The lowest BCUT2D eigenvalue weighted by atomic mass is 9.98. The summed E-state index contributed by atoms with van der Waals surface area (Å²) in [5.41, 5.74) is 11.9. The Balaban J connectivity index is 1.92. The molecular weight excluding hydrogens is 390 g/mol. The highest BCUT2D eigenvalue weighted by Crippen LogP contribution is 2.42. The molecule has 4 rings (SSSR count). The van der Waals surface area contributed by atoms with Gasteiger partial charge in [0, 0.05) is 23.9 Å². The van der Waals surface area contributed by atoms with Crippen LogP contribution in [0.4, 0.5) is 11.5 Å². The lowest BCUT2D eigenvalue weighted by molar-refractivity contribution is -0.112. The van der Waals surface area contributed by atoms with E-state index in [0.717, 1.165) is 39.2 Å². The average Bonchev–Trinajstić information content (AvgIpc) is 3.08. The Morgan fingerprint density at radius 2 is 1.87 bits per heavy atom. The molecule has 0 radical (unpaired) electrons. The van der Waals surface area contributed by atoms with Gasteiger partial charge in [0.15, 0.2) is 0 Å². The van der Waals surface area contributed by atoms with Gasteiger partial charge in [-0.3, -0.25) is 4.79 Å². The molecule has 7 nitrogen and oxygen atoms in total. The second kappa shape index (κ2) is 7.95. The molecule has 156 valence electrons. The van der Waals surface area contributed by atoms with E-state index in [1.807, 2.05) is 60.1 Å². The molecule has 0 bridgehead atoms. The summed E-state index contributed by atoms with van der Waals surface area (Å²) in [4.78, 5) is 20.6. The number of nitrogen functional groups attached to an aromatic ring is 1. The van der Waals surface area contributed by atoms with E-state index in [9.17, 15) is 4.79 Å². The second-order valence-corrected chi connectivity index (χ2v) is 7.28. The van der Waals surface area contributed by atoms with Gasteiger partial charge in [0.1, 0.15) is 23.5 Å². The Morgan fingerprint density at radius 3 is 2.55 bits per heavy atom. The van der Waals surface area contributed by atoms with Crippen molar-refractivity contribution in [2.24, 2.45) is 7.05 Å². The maximum Gasteiger partial charge on any atom is 0.250 e. The van der Waals surface area contributed by atoms with Crippen LogP contribution in [0.3, 0.4) is 0 Å². The summed E-state index contributed by atoms with van der Waals surface area (Å²) < 4.78 is 7.43. The first-order chi connectivity index (χ1) is 14.9. The van der Waals surface area contributed by atoms with E-state index in [1.54, 1.807) is 14.0 Å². The number of hydrogen-bond acceptors (Lipinski definition) is 5. The Labute approximate surface area is 180 Å². The van der Waals surface area contributed by atoms with E-state index >= 15 is 0 Å². The number of methoxy groups -OCH3 is 1. The summed E-state index contributed by atoms with van der Waals surface area (Å²) in [7, 11) is 3.59. The minimum atomic E-state index is -0.211. The lowest BCUT2D eigenvalue weighted by Crippen LogP contribution is -2.11. The van der Waals surface area contributed by atoms with Crippen molar-refractivity contribution in [3.8, 4) is 28.1 Å². The number of aryl methyl sites for hydroxylation is 1. The minimum Gasteiger partial charge on any atom is -0.497 e. The van der Waals surface area contributed by atoms with E-state index in [4.69, 9.17) is 10.5 Å². The van der Waals surface area contributed by atoms with Gasteiger partial charge in [-0.05, 0) is 42.3 Å². The topological polar surface area (TPSA) is 95.1 Å². The molecule has 2 heterocycles. The molecule has 4 aromatic rings. The zero-order chi connectivity index (χ0) is 22.1. The number of benzene rings is 2. The molecule has 3 N–H and O–H groups in total. The van der Waals surface area contributed by atoms with Gasteiger partial charge in [-0.1, -0.05) is 30.8 Å². The van der Waals surface area contributed by atoms with Crippen LogP contribution in [0.1, 0.15) is 6.92 Å². The predicted molar refractivity (Wildman–Crippen MR) is 124 cm³/mol. The molecule has 2 aromatic carbocycles. The van der Waals surface area contributed by atoms with E-state index in [-0.39, 0.29) is 5.91 Å². The zero-order valence-corrected chi connectivity index (χ0v) is 17.6. The van der Waals surface area contributed by atoms with Crippen LogP contribution in [0, 0.1) is 0 Å². The largest absolute Gasteiger partial charge is 0.497 e. The number of nitrogens with two attached hydrogens (primary N) is 1. The fraction of sp³-hybridized carbons (Fsp3) is 0.125. The van der Waals surface area contributed by atoms with E-state index in [0.29, 0.717) is 17.1 Å². The number of aromatic nitrogens is 3. The van der Waals surface area contributed by atoms with Gasteiger partial charge in [-0.15, -0.1) is 0 Å². The molecule has 2 aromatic heterocycles. The molecule has 0 aliphatic carbocycles. The summed E-state index contributed by atoms with van der Waals surface area (Å²) in [6.45, 7) is 5.34. The molecule has 0 unspecified atom stereocenters. The van der Waals surface area contributed by atoms with Crippen molar-refractivity contribution in [2.45, 2.75) is 6.92 Å². The SMILES string of the molecule is C=C(C)C(=O)Nc1ccc(-c2c(-c3cccc(OC)c3)c3c(N)ncnc3n2C)cc1. The van der Waals surface area contributed by atoms with Crippen molar-refractivity contribution in [1.29, 1.82) is 0 Å². The summed E-state index contributed by atoms with van der Waals surface area (Å²) in [5, 5.41) is 3.61. The Hall–Kier alpha value is -4.13. The number of nitrogens with one attached hydrogen (secondary N) is 1. The van der Waals surface area contributed by atoms with Crippen LogP contribution in [0.5, 0.6) is 5.75 Å². The van der Waals surface area contributed by atoms with E-state index < -0.39 is 0 Å². The first-order valence-electron chi connectivity index (χ1n) is 9.71. The summed E-state index contributed by atoms with van der Waals surface area (Å²) >= 11 is 0. The van der Waals surface area contributed by atoms with Gasteiger partial charge in [0.05, 0.1) is 18.2 Å². The van der Waals surface area contributed by atoms with Crippen molar-refractivity contribution in [1.82, 2.24) is 14.5 Å². The Bertz CT molecular complexity index is 1310. The Morgan fingerprint density at radius 1 is 1.13 bits per heavy atom. The molecule has 0 saturated carbocycles. The number of nitrogens with zero attached hydrogens (tertiary/aromatic N) is 3. The number of carbonyl (C=O) groups is 1. The highest BCUT2D eigenvalue weighted by Gasteiger charge is 2.22. The summed E-state index contributed by atoms with van der Waals surface area (Å²) in [5.74, 6) is 0.946. The monoisotopic (exact) mass is 413 g/mol. The maximum atomic E-state index is 11.9. The minimum absolute atomic E-state index is 0.211. The van der Waals surface area contributed by atoms with Crippen LogP contribution < -0.4 is 15.8 Å². The van der Waals surface area contributed by atoms with Crippen LogP contribution in [0.15, 0.2) is 67.0 Å². The van der Waals surface area contributed by atoms with Crippen LogP contribution in [-0.4, -0.2) is 27.6 Å². The van der Waals surface area contributed by atoms with Gasteiger partial charge in [0.2, 0.25) is 0 Å². The van der Waals surface area contributed by atoms with Gasteiger partial charge < -0.3 is 20.4 Å². The van der Waals surface area contributed by atoms with Crippen molar-refractivity contribution in [2.75, 3.05) is 18.2 Å². The first-order valence-corrected chi connectivity index (χ1v) is 9.71. The number of hydrogen-bond donors (Lipinski definition) is 2. The summed E-state index contributed by atoms with van der Waals surface area (Å²) in [6.07, 6.45) is 1.47. The first kappa shape index (κ1) is 20.2. The summed E-state index contributed by atoms with van der Waals surface area (Å²) in [6, 6.07) is 15.4. The van der Waals surface area contributed by atoms with Gasteiger partial charge in [-0.25, -0.2) is 9.97 Å². The van der Waals surface area contributed by atoms with Gasteiger partial charge >= 0.3 is 0 Å². The number of anilines is 2. The number of fused-ring (bicyclic) bond motifs is 1. The molecule has 0 spiro atoms. The number of amides is 1. The highest BCUT2D eigenvalue weighted by molar-refractivity contribution is 6.08. The molecule has 0 fully saturated rings. The third-order valence-corrected chi connectivity index (χ3v) is 5.16. The zero-order valence-electron chi connectivity index (χ0n) is 17.6. The van der Waals surface area contributed by atoms with Crippen LogP contribution >= 0.6 is 0 Å². The van der Waals surface area contributed by atoms with Gasteiger partial charge in [0.25, 0.3) is 5.91 Å². The molecule has 0 aliphatic heterocycles. The molecule has 0 saturated heterocycles. The molecule has 31 heavy (non-hydrogen) atoms. The number of carbonyl (C=O) groups excluding carboxylic acids is 1. The quantitative estimate of drug-likeness (QED) is 0.473. The van der Waals surface area contributed by atoms with Crippen LogP contribution in [0.25, 0.3) is 33.4 Å². The smallest absolute Gasteiger partial charge is 0.250 e. The predicted octanol–water partition coefficient (Wildman–Crippen LogP) is 4.41. The fourth-order valence-corrected chi connectivity index (χ4v) is 3.62. The number of rotatable bonds is 5. The third kappa shape index (κ3) is 3.61. The van der Waals surface area contributed by atoms with E-state index in [2.05, 4.69) is 21.9 Å². The molecule has 0 atom stereocenters. The van der Waals surface area contributed by atoms with Crippen molar-refractivity contribution in [3.63, 3.8) is 0 Å². The Kier molecular flexibility index (Phi) is 5.17. The van der Waals surface area contributed by atoms with Crippen LogP contribution in [-0.2, 0) is 11.8 Å². The maximum absolute atomic E-state index is 11.9. The lowest BCUT2D eigenvalue weighted by Gasteiger charge is -2.11. The molecule has 7 heteroatoms. The third-order valence-electron chi connectivity index (χ3n) is 5.16. The normalized spacial score (nSPS) is 10.8. The van der Waals surface area contributed by atoms with E-state index in [1.165, 1.54) is 6.33 Å². The fourth-order valence-electron chi connectivity index (χ4n) is 3.62. The second-order valence-electron chi connectivity index (χ2n) is 7.28. The molecule has 1 amide bonds. The molecular formula is C24H23N5O2. The highest BCUT2D eigenvalue weighted by atomic mass is 16.5. The number of ether oxygens (including phenoxy) is 1. The van der Waals surface area contributed by atoms with Crippen molar-refractivity contribution in [3.05, 3.63) is 67.0 Å². The van der Waals surface area contributed by atoms with Gasteiger partial charge in [-0.2, -0.15) is 0 Å². The van der Waals surface area contributed by atoms with Crippen LogP contribution in [0.2, 0.25) is 0 Å². The molecule has 0 aliphatic rings. The standard InChI is InChI=1S/C24H23N5O2/c1-14(2)24(30)28-17-10-8-15(9-11-17)21-19(16-6-5-7-18(12-16)31-4)20-22(25)26-13-27-23(20)29(21)3/h5-13H,1H2,2-4H3,(H,28,30)(H2,25,26,27).